The van der Waals surface area contributed by atoms with Crippen LogP contribution in [0.5, 0.6) is 0 Å². The lowest BCUT2D eigenvalue weighted by Crippen LogP contribution is -2.63. The molecule has 12 saturated carbocycles. The summed E-state index contributed by atoms with van der Waals surface area (Å²) in [6.07, 6.45) is 24.8. The molecular weight excluding hydrogens is 829 g/mol. The summed E-state index contributed by atoms with van der Waals surface area (Å²) in [6, 6.07) is 0. The topological polar surface area (TPSA) is 78.9 Å². The van der Waals surface area contributed by atoms with Gasteiger partial charge in [0.25, 0.3) is 0 Å². The molecule has 0 aromatic rings. The average molecular weight is 948 g/mol. The lowest BCUT2D eigenvalue weighted by atomic mass is 9.47. The number of rotatable bonds is 10. The second kappa shape index (κ2) is 25.2. The molecular formula is C61H118O6. The summed E-state index contributed by atoms with van der Waals surface area (Å²) >= 11 is 0. The van der Waals surface area contributed by atoms with Crippen molar-refractivity contribution < 1.29 is 28.6 Å². The highest BCUT2D eigenvalue weighted by molar-refractivity contribution is 5.77. The first-order chi connectivity index (χ1) is 28.6. The van der Waals surface area contributed by atoms with Crippen molar-refractivity contribution in [1.29, 1.82) is 0 Å². The minimum absolute atomic E-state index is 0. The van der Waals surface area contributed by atoms with Crippen LogP contribution < -0.4 is 0 Å². The Kier molecular flexibility index (Phi) is 24.6. The summed E-state index contributed by atoms with van der Waals surface area (Å²) in [7, 11) is 1.42. The Labute approximate surface area is 418 Å². The predicted molar refractivity (Wildman–Crippen MR) is 288 cm³/mol. The summed E-state index contributed by atoms with van der Waals surface area (Å²) in [5.41, 5.74) is -1.30. The van der Waals surface area contributed by atoms with Crippen molar-refractivity contribution in [1.82, 2.24) is 0 Å². The smallest absolute Gasteiger partial charge is 0.312 e. The molecule has 6 nitrogen and oxygen atoms in total. The molecule has 12 aliphatic carbocycles. The van der Waals surface area contributed by atoms with E-state index in [1.165, 1.54) is 71.3 Å². The van der Waals surface area contributed by atoms with Crippen LogP contribution in [0, 0.1) is 99.1 Å². The highest BCUT2D eigenvalue weighted by atomic mass is 16.6. The van der Waals surface area contributed by atoms with Crippen LogP contribution in [0.25, 0.3) is 0 Å². The van der Waals surface area contributed by atoms with Gasteiger partial charge in [0, 0.05) is 0 Å². The fourth-order valence-corrected chi connectivity index (χ4v) is 15.5. The van der Waals surface area contributed by atoms with Gasteiger partial charge in [-0.25, -0.2) is 0 Å². The van der Waals surface area contributed by atoms with Crippen LogP contribution in [0.1, 0.15) is 257 Å². The van der Waals surface area contributed by atoms with Crippen LogP contribution in [0.4, 0.5) is 0 Å². The van der Waals surface area contributed by atoms with Crippen LogP contribution in [0.15, 0.2) is 0 Å². The van der Waals surface area contributed by atoms with E-state index in [9.17, 15) is 14.4 Å². The molecule has 67 heavy (non-hydrogen) atoms. The summed E-state index contributed by atoms with van der Waals surface area (Å²) in [6.45, 7) is 27.3. The monoisotopic (exact) mass is 947 g/mol. The third kappa shape index (κ3) is 13.1. The van der Waals surface area contributed by atoms with Crippen molar-refractivity contribution in [2.24, 2.45) is 99.1 Å². The summed E-state index contributed by atoms with van der Waals surface area (Å²) in [5, 5.41) is 0. The van der Waals surface area contributed by atoms with Gasteiger partial charge in [0.2, 0.25) is 0 Å². The molecule has 0 radical (unpaired) electrons. The highest BCUT2D eigenvalue weighted by Gasteiger charge is 2.62. The maximum Gasteiger partial charge on any atom is 0.312 e. The molecule has 6 heteroatoms. The molecule has 12 bridgehead atoms. The van der Waals surface area contributed by atoms with Crippen LogP contribution >= 0.6 is 0 Å². The predicted octanol–water partition coefficient (Wildman–Crippen LogP) is 17.9. The van der Waals surface area contributed by atoms with Gasteiger partial charge >= 0.3 is 17.9 Å². The van der Waals surface area contributed by atoms with Crippen molar-refractivity contribution >= 4 is 17.9 Å². The maximum atomic E-state index is 12.8. The molecule has 12 fully saturated rings. The second-order valence-corrected chi connectivity index (χ2v) is 25.2. The Morgan fingerprint density at radius 2 is 0.746 bits per heavy atom. The standard InChI is InChI=1S/C19H32O2.C18H30O2.C11H18.C7H14O2.6CH4/c1-6-18(4,5)17(20)21-19(12(2)3)15-8-13-7-14(10-15)11-16(19)9-13;1-5-17(3,4)16(19)20-18(6-2)14-8-12-7-13(10-14)11-15(18)9-12;1-7-10-3-8-2-9(5-10)6-11(7)4-8;1-5-7(2,3)6(8)9-4;;;;;;/h12-16H,6-11H2,1-5H3;12-15H,5-11H2,1-4H3;7-11H,2-6H2,1H3;5H2,1-4H3;6*1H4. The zero-order chi connectivity index (χ0) is 44.9. The average Bonchev–Trinajstić information content (AvgIpc) is 3.21. The van der Waals surface area contributed by atoms with Gasteiger partial charge in [0.1, 0.15) is 11.2 Å². The van der Waals surface area contributed by atoms with Gasteiger partial charge < -0.3 is 14.2 Å². The van der Waals surface area contributed by atoms with Gasteiger partial charge in [-0.3, -0.25) is 14.4 Å². The van der Waals surface area contributed by atoms with Crippen LogP contribution in [-0.2, 0) is 28.6 Å². The molecule has 0 heterocycles. The number of hydrogen-bond acceptors (Lipinski definition) is 6. The van der Waals surface area contributed by atoms with Crippen molar-refractivity contribution in [2.45, 2.75) is 268 Å². The second-order valence-electron chi connectivity index (χ2n) is 25.2. The molecule has 0 aromatic heterocycles. The SMILES string of the molecule is C.C.C.C.C.C.CC1C2CC3CC(C2)CC1C3.CCC(C)(C)C(=O)OC.CCC(C)(C)C(=O)OC1(C(C)C)C2CC3CC(C2)CC1C3.CCC(C)(C)C(=O)OC1(CC)C2CC3CC(C2)CC1C3. The van der Waals surface area contributed by atoms with Crippen molar-refractivity contribution in [2.75, 3.05) is 7.11 Å². The van der Waals surface area contributed by atoms with Crippen molar-refractivity contribution in [3.63, 3.8) is 0 Å². The summed E-state index contributed by atoms with van der Waals surface area (Å²) in [5.74, 6) is 12.3. The Bertz CT molecular complexity index is 1430. The third-order valence-electron chi connectivity index (χ3n) is 20.1. The molecule has 0 amide bonds. The Hall–Kier alpha value is -1.59. The van der Waals surface area contributed by atoms with Crippen LogP contribution in [-0.4, -0.2) is 36.2 Å². The lowest BCUT2D eigenvalue weighted by molar-refractivity contribution is -0.231. The lowest BCUT2D eigenvalue weighted by Gasteiger charge is -2.62. The fourth-order valence-electron chi connectivity index (χ4n) is 15.5. The molecule has 0 unspecified atom stereocenters. The van der Waals surface area contributed by atoms with Gasteiger partial charge in [-0.1, -0.05) is 93.0 Å². The van der Waals surface area contributed by atoms with Crippen molar-refractivity contribution in [3.8, 4) is 0 Å². The quantitative estimate of drug-likeness (QED) is 0.160. The molecule has 0 N–H and O–H groups in total. The van der Waals surface area contributed by atoms with Crippen molar-refractivity contribution in [3.05, 3.63) is 0 Å². The molecule has 398 valence electrons. The number of carbonyl (C=O) groups is 3. The summed E-state index contributed by atoms with van der Waals surface area (Å²) < 4.78 is 17.2. The van der Waals surface area contributed by atoms with Gasteiger partial charge in [-0.05, 0) is 246 Å². The van der Waals surface area contributed by atoms with E-state index in [4.69, 9.17) is 9.47 Å². The Morgan fingerprint density at radius 3 is 1.01 bits per heavy atom. The van der Waals surface area contributed by atoms with E-state index >= 15 is 0 Å². The van der Waals surface area contributed by atoms with Gasteiger partial charge in [0.05, 0.1) is 23.4 Å². The molecule has 0 aliphatic heterocycles. The van der Waals surface area contributed by atoms with Crippen LogP contribution in [0.3, 0.4) is 0 Å². The minimum Gasteiger partial charge on any atom is -0.469 e. The highest BCUT2D eigenvalue weighted by Crippen LogP contribution is 2.63. The summed E-state index contributed by atoms with van der Waals surface area (Å²) in [4.78, 5) is 36.2. The molecule has 12 rings (SSSR count). The number of carbonyl (C=O) groups excluding carboxylic acids is 3. The van der Waals surface area contributed by atoms with E-state index < -0.39 is 0 Å². The normalized spacial score (nSPS) is 37.2. The van der Waals surface area contributed by atoms with E-state index in [1.54, 1.807) is 32.1 Å². The molecule has 0 spiro atoms. The first-order valence-corrected chi connectivity index (χ1v) is 26.1. The van der Waals surface area contributed by atoms with E-state index in [2.05, 4.69) is 46.3 Å². The third-order valence-corrected chi connectivity index (χ3v) is 20.1. The Balaban J connectivity index is 0.000000883. The molecule has 0 aromatic carbocycles. The van der Waals surface area contributed by atoms with E-state index in [-0.39, 0.29) is 89.9 Å². The van der Waals surface area contributed by atoms with E-state index in [1.807, 2.05) is 48.5 Å². The van der Waals surface area contributed by atoms with Gasteiger partial charge in [-0.15, -0.1) is 0 Å². The maximum absolute atomic E-state index is 12.8. The number of hydrogen-bond donors (Lipinski definition) is 0. The van der Waals surface area contributed by atoms with Gasteiger partial charge in [0.15, 0.2) is 0 Å². The zero-order valence-electron chi connectivity index (χ0n) is 42.0. The number of ether oxygens (including phenoxy) is 3. The molecule has 12 aliphatic rings. The van der Waals surface area contributed by atoms with E-state index in [0.29, 0.717) is 29.6 Å². The Morgan fingerprint density at radius 1 is 0.463 bits per heavy atom. The molecule has 0 atom stereocenters. The minimum atomic E-state index is -0.351. The largest absolute Gasteiger partial charge is 0.469 e. The number of methoxy groups -OCH3 is 1. The van der Waals surface area contributed by atoms with E-state index in [0.717, 1.165) is 78.9 Å². The van der Waals surface area contributed by atoms with Gasteiger partial charge in [-0.2, -0.15) is 0 Å². The van der Waals surface area contributed by atoms with Crippen LogP contribution in [0.2, 0.25) is 0 Å². The molecule has 0 saturated heterocycles. The first-order valence-electron chi connectivity index (χ1n) is 26.1. The zero-order valence-corrected chi connectivity index (χ0v) is 42.0. The number of esters is 3. The fraction of sp³-hybridized carbons (Fsp3) is 0.951. The first kappa shape index (κ1) is 65.4.